The SMILES string of the molecule is O=C(/C=C/c1cccc([N+](=O)[O-])c1)Oc1c(Br)cc(Br)cc1C=NNC(=O)c1cccc(NC(=O)c2ccc([N+](=O)[O-])cc2)c1. The molecule has 226 valence electrons. The number of non-ortho nitro benzene ring substituents is 2. The first-order valence-electron chi connectivity index (χ1n) is 12.6. The molecule has 0 bridgehead atoms. The topological polar surface area (TPSA) is 183 Å². The number of nitro groups is 2. The number of esters is 1. The number of nitro benzene ring substituents is 2. The van der Waals surface area contributed by atoms with Gasteiger partial charge in [-0.2, -0.15) is 5.10 Å². The van der Waals surface area contributed by atoms with Crippen molar-refractivity contribution in [1.29, 1.82) is 0 Å². The highest BCUT2D eigenvalue weighted by Gasteiger charge is 2.14. The number of hydrogen-bond acceptors (Lipinski definition) is 9. The summed E-state index contributed by atoms with van der Waals surface area (Å²) in [5, 5.41) is 28.4. The summed E-state index contributed by atoms with van der Waals surface area (Å²) in [7, 11) is 0. The summed E-state index contributed by atoms with van der Waals surface area (Å²) in [5.41, 5.74) is 3.50. The number of amides is 2. The van der Waals surface area contributed by atoms with Crippen molar-refractivity contribution in [2.45, 2.75) is 0 Å². The fraction of sp³-hybridized carbons (Fsp3) is 0. The predicted octanol–water partition coefficient (Wildman–Crippen LogP) is 6.66. The number of anilines is 1. The maximum Gasteiger partial charge on any atom is 0.336 e. The van der Waals surface area contributed by atoms with Crippen LogP contribution in [0.2, 0.25) is 0 Å². The smallest absolute Gasteiger partial charge is 0.336 e. The van der Waals surface area contributed by atoms with Crippen LogP contribution in [0.25, 0.3) is 6.08 Å². The maximum atomic E-state index is 12.8. The number of ether oxygens (including phenoxy) is 1. The van der Waals surface area contributed by atoms with Gasteiger partial charge in [0.25, 0.3) is 23.2 Å². The number of nitrogens with zero attached hydrogens (tertiary/aromatic N) is 3. The number of carbonyl (C=O) groups is 3. The van der Waals surface area contributed by atoms with Crippen LogP contribution in [-0.4, -0.2) is 33.8 Å². The number of benzene rings is 4. The van der Waals surface area contributed by atoms with Crippen molar-refractivity contribution in [3.63, 3.8) is 0 Å². The maximum absolute atomic E-state index is 12.8. The Balaban J connectivity index is 1.42. The van der Waals surface area contributed by atoms with E-state index < -0.39 is 27.6 Å². The Hall–Kier alpha value is -5.54. The molecule has 4 aromatic rings. The minimum Gasteiger partial charge on any atom is -0.421 e. The second-order valence-corrected chi connectivity index (χ2v) is 10.7. The van der Waals surface area contributed by atoms with Gasteiger partial charge in [-0.15, -0.1) is 0 Å². The average molecular weight is 737 g/mol. The van der Waals surface area contributed by atoms with E-state index in [0.717, 1.165) is 6.08 Å². The molecule has 0 spiro atoms. The minimum atomic E-state index is -0.768. The van der Waals surface area contributed by atoms with Crippen molar-refractivity contribution in [1.82, 2.24) is 5.43 Å². The molecule has 0 atom stereocenters. The quantitative estimate of drug-likeness (QED) is 0.0452. The van der Waals surface area contributed by atoms with Gasteiger partial charge in [-0.3, -0.25) is 29.8 Å². The molecule has 15 heteroatoms. The largest absolute Gasteiger partial charge is 0.421 e. The lowest BCUT2D eigenvalue weighted by Gasteiger charge is -2.09. The van der Waals surface area contributed by atoms with E-state index in [9.17, 15) is 34.6 Å². The zero-order valence-corrected chi connectivity index (χ0v) is 25.9. The zero-order chi connectivity index (χ0) is 32.5. The Labute approximate surface area is 271 Å². The standard InChI is InChI=1S/C30H19Br2N5O8/c31-22-14-21(28(26(32)16-22)45-27(38)12-7-18-3-1-6-25(13-18)37(43)44)17-33-35-30(40)20-4-2-5-23(15-20)34-29(39)19-8-10-24(11-9-19)36(41)42/h1-17H,(H,34,39)(H,35,40)/b12-7+,33-17?. The fourth-order valence-electron chi connectivity index (χ4n) is 3.73. The number of hydrazone groups is 1. The zero-order valence-electron chi connectivity index (χ0n) is 22.7. The summed E-state index contributed by atoms with van der Waals surface area (Å²) in [6, 6.07) is 20.1. The second kappa shape index (κ2) is 14.8. The number of carbonyl (C=O) groups excluding carboxylic acids is 3. The molecule has 13 nitrogen and oxygen atoms in total. The summed E-state index contributed by atoms with van der Waals surface area (Å²) in [6.45, 7) is 0. The van der Waals surface area contributed by atoms with E-state index in [-0.39, 0.29) is 28.3 Å². The summed E-state index contributed by atoms with van der Waals surface area (Å²) in [4.78, 5) is 58.6. The van der Waals surface area contributed by atoms with Crippen molar-refractivity contribution in [3.8, 4) is 5.75 Å². The molecule has 0 saturated carbocycles. The normalized spacial score (nSPS) is 10.9. The van der Waals surface area contributed by atoms with Gasteiger partial charge in [-0.25, -0.2) is 10.2 Å². The molecule has 4 aromatic carbocycles. The highest BCUT2D eigenvalue weighted by Crippen LogP contribution is 2.32. The molecular weight excluding hydrogens is 718 g/mol. The van der Waals surface area contributed by atoms with Crippen LogP contribution in [0.1, 0.15) is 31.8 Å². The number of halogens is 2. The molecule has 0 aromatic heterocycles. The Morgan fingerprint density at radius 3 is 2.22 bits per heavy atom. The van der Waals surface area contributed by atoms with Gasteiger partial charge in [0.1, 0.15) is 0 Å². The van der Waals surface area contributed by atoms with Crippen LogP contribution < -0.4 is 15.5 Å². The third kappa shape index (κ3) is 8.98. The third-order valence-corrected chi connectivity index (χ3v) is 6.87. The molecule has 0 radical (unpaired) electrons. The van der Waals surface area contributed by atoms with Crippen LogP contribution in [0.4, 0.5) is 17.1 Å². The number of rotatable bonds is 10. The predicted molar refractivity (Wildman–Crippen MR) is 172 cm³/mol. The fourth-order valence-corrected chi connectivity index (χ4v) is 5.06. The van der Waals surface area contributed by atoms with Gasteiger partial charge in [-0.1, -0.05) is 34.1 Å². The van der Waals surface area contributed by atoms with Crippen molar-refractivity contribution < 1.29 is 29.0 Å². The number of hydrogen-bond donors (Lipinski definition) is 2. The molecule has 0 aliphatic carbocycles. The molecule has 0 aliphatic rings. The summed E-state index contributed by atoms with van der Waals surface area (Å²) >= 11 is 6.69. The number of nitrogens with one attached hydrogen (secondary N) is 2. The molecule has 0 unspecified atom stereocenters. The molecular formula is C30H19Br2N5O8. The van der Waals surface area contributed by atoms with Crippen molar-refractivity contribution in [2.75, 3.05) is 5.32 Å². The van der Waals surface area contributed by atoms with Gasteiger partial charge in [-0.05, 0) is 70.0 Å². The van der Waals surface area contributed by atoms with Crippen LogP contribution in [0, 0.1) is 20.2 Å². The van der Waals surface area contributed by atoms with Crippen molar-refractivity contribution in [2.24, 2.45) is 5.10 Å². The molecule has 0 aliphatic heterocycles. The van der Waals surface area contributed by atoms with E-state index >= 15 is 0 Å². The first kappa shape index (κ1) is 32.4. The molecule has 45 heavy (non-hydrogen) atoms. The van der Waals surface area contributed by atoms with Crippen molar-refractivity contribution >= 4 is 79.0 Å². The Kier molecular flexibility index (Phi) is 10.6. The van der Waals surface area contributed by atoms with Gasteiger partial charge in [0.05, 0.1) is 20.5 Å². The van der Waals surface area contributed by atoms with Crippen LogP contribution in [-0.2, 0) is 4.79 Å². The molecule has 0 fully saturated rings. The minimum absolute atomic E-state index is 0.0980. The Morgan fingerprint density at radius 2 is 1.51 bits per heavy atom. The molecule has 2 amide bonds. The first-order chi connectivity index (χ1) is 21.5. The summed E-state index contributed by atoms with van der Waals surface area (Å²) in [6.07, 6.45) is 3.75. The lowest BCUT2D eigenvalue weighted by molar-refractivity contribution is -0.385. The Bertz CT molecular complexity index is 1880. The summed E-state index contributed by atoms with van der Waals surface area (Å²) in [5.74, 6) is -1.80. The lowest BCUT2D eigenvalue weighted by Crippen LogP contribution is -2.18. The van der Waals surface area contributed by atoms with E-state index in [4.69, 9.17) is 4.74 Å². The third-order valence-electron chi connectivity index (χ3n) is 5.83. The van der Waals surface area contributed by atoms with E-state index in [1.54, 1.807) is 30.3 Å². The molecule has 2 N–H and O–H groups in total. The van der Waals surface area contributed by atoms with Crippen LogP contribution in [0.15, 0.2) is 105 Å². The monoisotopic (exact) mass is 735 g/mol. The lowest BCUT2D eigenvalue weighted by atomic mass is 10.1. The van der Waals surface area contributed by atoms with E-state index in [2.05, 4.69) is 47.7 Å². The molecule has 4 rings (SSSR count). The van der Waals surface area contributed by atoms with Gasteiger partial charge in [0.2, 0.25) is 0 Å². The first-order valence-corrected chi connectivity index (χ1v) is 14.2. The van der Waals surface area contributed by atoms with Gasteiger partial charge in [0.15, 0.2) is 5.75 Å². The van der Waals surface area contributed by atoms with Gasteiger partial charge < -0.3 is 10.1 Å². The van der Waals surface area contributed by atoms with Crippen LogP contribution in [0.5, 0.6) is 5.75 Å². The van der Waals surface area contributed by atoms with Crippen molar-refractivity contribution in [3.05, 3.63) is 142 Å². The summed E-state index contributed by atoms with van der Waals surface area (Å²) < 4.78 is 6.49. The second-order valence-electron chi connectivity index (χ2n) is 8.95. The van der Waals surface area contributed by atoms with E-state index in [1.165, 1.54) is 66.9 Å². The van der Waals surface area contributed by atoms with E-state index in [0.29, 0.717) is 25.8 Å². The molecule has 0 heterocycles. The highest BCUT2D eigenvalue weighted by molar-refractivity contribution is 9.11. The van der Waals surface area contributed by atoms with E-state index in [1.807, 2.05) is 0 Å². The van der Waals surface area contributed by atoms with Crippen LogP contribution in [0.3, 0.4) is 0 Å². The molecule has 0 saturated heterocycles. The average Bonchev–Trinajstić information content (AvgIpc) is 3.01. The van der Waals surface area contributed by atoms with Gasteiger partial charge >= 0.3 is 5.97 Å². The highest BCUT2D eigenvalue weighted by atomic mass is 79.9. The van der Waals surface area contributed by atoms with Gasteiger partial charge in [0, 0.05) is 57.2 Å². The Morgan fingerprint density at radius 1 is 0.800 bits per heavy atom. The van der Waals surface area contributed by atoms with Crippen LogP contribution >= 0.6 is 31.9 Å².